The van der Waals surface area contributed by atoms with Crippen LogP contribution in [-0.2, 0) is 14.8 Å². The predicted octanol–water partition coefficient (Wildman–Crippen LogP) is 2.09. The molecule has 0 saturated carbocycles. The zero-order valence-corrected chi connectivity index (χ0v) is 16.7. The van der Waals surface area contributed by atoms with Crippen LogP contribution in [0.5, 0.6) is 11.5 Å². The summed E-state index contributed by atoms with van der Waals surface area (Å²) in [7, 11) is -3.62. The van der Waals surface area contributed by atoms with Crippen molar-refractivity contribution in [2.75, 3.05) is 23.9 Å². The summed E-state index contributed by atoms with van der Waals surface area (Å²) in [5, 5.41) is 3.88. The number of halogens is 1. The topological polar surface area (TPSA) is 97.3 Å². The van der Waals surface area contributed by atoms with Crippen LogP contribution in [0.3, 0.4) is 0 Å². The average molecular weight is 454 g/mol. The summed E-state index contributed by atoms with van der Waals surface area (Å²) in [6.45, 7) is -0.234. The molecule has 1 heterocycles. The lowest BCUT2D eigenvalue weighted by Gasteiger charge is -2.21. The minimum atomic E-state index is -3.62. The second-order valence-electron chi connectivity index (χ2n) is 5.63. The Kier molecular flexibility index (Phi) is 5.66. The number of carbonyl (C=O) groups excluding carboxylic acids is 1. The maximum absolute atomic E-state index is 12.1. The number of anilines is 1. The van der Waals surface area contributed by atoms with Crippen molar-refractivity contribution in [3.05, 3.63) is 52.5 Å². The molecule has 0 aliphatic carbocycles. The van der Waals surface area contributed by atoms with Gasteiger partial charge in [0, 0.05) is 10.0 Å². The van der Waals surface area contributed by atoms with Gasteiger partial charge < -0.3 is 9.47 Å². The van der Waals surface area contributed by atoms with E-state index in [2.05, 4.69) is 26.5 Å². The molecule has 2 aromatic rings. The molecule has 10 heteroatoms. The van der Waals surface area contributed by atoms with Crippen molar-refractivity contribution in [1.29, 1.82) is 0 Å². The van der Waals surface area contributed by atoms with E-state index in [4.69, 9.17) is 9.47 Å². The van der Waals surface area contributed by atoms with Gasteiger partial charge in [0.05, 0.1) is 18.2 Å². The van der Waals surface area contributed by atoms with Crippen molar-refractivity contribution >= 4 is 43.8 Å². The molecule has 0 bridgehead atoms. The molecule has 0 atom stereocenters. The highest BCUT2D eigenvalue weighted by Gasteiger charge is 2.20. The molecule has 0 saturated heterocycles. The third kappa shape index (κ3) is 4.77. The Morgan fingerprint density at radius 2 is 1.93 bits per heavy atom. The summed E-state index contributed by atoms with van der Waals surface area (Å²) in [6.07, 6.45) is 2.47. The zero-order chi connectivity index (χ0) is 19.4. The van der Waals surface area contributed by atoms with Gasteiger partial charge in [-0.05, 0) is 40.2 Å². The quantitative estimate of drug-likeness (QED) is 0.533. The molecule has 0 unspecified atom stereocenters. The number of hydrazone groups is 1. The summed E-state index contributed by atoms with van der Waals surface area (Å²) in [5.41, 5.74) is 3.40. The third-order valence-corrected chi connectivity index (χ3v) is 5.44. The van der Waals surface area contributed by atoms with E-state index < -0.39 is 15.9 Å². The SMILES string of the molecule is CS(=O)(=O)N(CC(=O)N/N=C\c1cc2c(cc1Br)OCO2)c1ccccc1. The second kappa shape index (κ2) is 7.97. The molecule has 1 aliphatic heterocycles. The number of sulfonamides is 1. The van der Waals surface area contributed by atoms with Crippen LogP contribution in [0.25, 0.3) is 0 Å². The van der Waals surface area contributed by atoms with Crippen LogP contribution in [0.1, 0.15) is 5.56 Å². The molecule has 27 heavy (non-hydrogen) atoms. The van der Waals surface area contributed by atoms with Gasteiger partial charge in [0.1, 0.15) is 6.54 Å². The summed E-state index contributed by atoms with van der Waals surface area (Å²) < 4.78 is 36.3. The highest BCUT2D eigenvalue weighted by Crippen LogP contribution is 2.36. The first-order valence-corrected chi connectivity index (χ1v) is 10.4. The van der Waals surface area contributed by atoms with Gasteiger partial charge in [0.15, 0.2) is 11.5 Å². The normalized spacial score (nSPS) is 13.0. The molecular weight excluding hydrogens is 438 g/mol. The molecule has 0 fully saturated rings. The van der Waals surface area contributed by atoms with Gasteiger partial charge in [0.25, 0.3) is 5.91 Å². The predicted molar refractivity (Wildman–Crippen MR) is 105 cm³/mol. The van der Waals surface area contributed by atoms with Gasteiger partial charge >= 0.3 is 0 Å². The number of amides is 1. The second-order valence-corrected chi connectivity index (χ2v) is 8.39. The van der Waals surface area contributed by atoms with E-state index in [0.717, 1.165) is 10.6 Å². The zero-order valence-electron chi connectivity index (χ0n) is 14.3. The van der Waals surface area contributed by atoms with E-state index in [1.165, 1.54) is 6.21 Å². The Morgan fingerprint density at radius 3 is 2.59 bits per heavy atom. The number of hydrogen-bond acceptors (Lipinski definition) is 6. The molecule has 0 spiro atoms. The van der Waals surface area contributed by atoms with Crippen molar-refractivity contribution < 1.29 is 22.7 Å². The Labute approximate surface area is 164 Å². The summed E-state index contributed by atoms with van der Waals surface area (Å²) >= 11 is 3.39. The highest BCUT2D eigenvalue weighted by atomic mass is 79.9. The maximum atomic E-state index is 12.1. The Morgan fingerprint density at radius 1 is 1.26 bits per heavy atom. The third-order valence-electron chi connectivity index (χ3n) is 3.62. The van der Waals surface area contributed by atoms with Gasteiger partial charge in [-0.15, -0.1) is 0 Å². The number of ether oxygens (including phenoxy) is 2. The fourth-order valence-corrected chi connectivity index (χ4v) is 3.65. The summed E-state index contributed by atoms with van der Waals surface area (Å²) in [4.78, 5) is 12.1. The van der Waals surface area contributed by atoms with E-state index in [1.807, 2.05) is 0 Å². The van der Waals surface area contributed by atoms with Crippen molar-refractivity contribution in [2.45, 2.75) is 0 Å². The van der Waals surface area contributed by atoms with E-state index in [9.17, 15) is 13.2 Å². The minimum absolute atomic E-state index is 0.153. The van der Waals surface area contributed by atoms with Gasteiger partial charge in [0.2, 0.25) is 16.8 Å². The number of rotatable bonds is 6. The Balaban J connectivity index is 1.67. The monoisotopic (exact) mass is 453 g/mol. The van der Waals surface area contributed by atoms with Crippen molar-refractivity contribution in [1.82, 2.24) is 5.43 Å². The number of para-hydroxylation sites is 1. The lowest BCUT2D eigenvalue weighted by molar-refractivity contribution is -0.119. The largest absolute Gasteiger partial charge is 0.454 e. The molecule has 1 aliphatic rings. The van der Waals surface area contributed by atoms with Gasteiger partial charge in [-0.25, -0.2) is 13.8 Å². The molecule has 2 aromatic carbocycles. The Bertz CT molecular complexity index is 980. The van der Waals surface area contributed by atoms with Crippen molar-refractivity contribution in [3.8, 4) is 11.5 Å². The first-order valence-electron chi connectivity index (χ1n) is 7.78. The molecule has 3 rings (SSSR count). The van der Waals surface area contributed by atoms with Crippen LogP contribution in [0.2, 0.25) is 0 Å². The lowest BCUT2D eigenvalue weighted by atomic mass is 10.2. The first-order chi connectivity index (χ1) is 12.8. The minimum Gasteiger partial charge on any atom is -0.454 e. The molecule has 1 amide bonds. The van der Waals surface area contributed by atoms with Crippen molar-refractivity contribution in [3.63, 3.8) is 0 Å². The van der Waals surface area contributed by atoms with Crippen LogP contribution in [0.15, 0.2) is 52.0 Å². The Hall–Kier alpha value is -2.59. The van der Waals surface area contributed by atoms with Crippen LogP contribution in [-0.4, -0.2) is 40.1 Å². The number of nitrogens with one attached hydrogen (secondary N) is 1. The van der Waals surface area contributed by atoms with E-state index in [-0.39, 0.29) is 13.3 Å². The van der Waals surface area contributed by atoms with Gasteiger partial charge in [-0.2, -0.15) is 5.10 Å². The number of benzene rings is 2. The maximum Gasteiger partial charge on any atom is 0.260 e. The standard InChI is InChI=1S/C17H16BrN3O5S/c1-27(23,24)21(13-5-3-2-4-6-13)10-17(22)20-19-9-12-7-15-16(8-14(12)18)26-11-25-15/h2-9H,10-11H2,1H3,(H,20,22)/b19-9-. The fourth-order valence-electron chi connectivity index (χ4n) is 2.37. The highest BCUT2D eigenvalue weighted by molar-refractivity contribution is 9.10. The fraction of sp³-hybridized carbons (Fsp3) is 0.176. The molecule has 8 nitrogen and oxygen atoms in total. The van der Waals surface area contributed by atoms with Crippen LogP contribution in [0.4, 0.5) is 5.69 Å². The van der Waals surface area contributed by atoms with E-state index >= 15 is 0 Å². The average Bonchev–Trinajstić information content (AvgIpc) is 3.06. The molecule has 1 N–H and O–H groups in total. The molecule has 0 radical (unpaired) electrons. The number of carbonyl (C=O) groups is 1. The summed E-state index contributed by atoms with van der Waals surface area (Å²) in [5.74, 6) is 0.630. The van der Waals surface area contributed by atoms with E-state index in [0.29, 0.717) is 27.2 Å². The van der Waals surface area contributed by atoms with Crippen LogP contribution < -0.4 is 19.2 Å². The lowest BCUT2D eigenvalue weighted by Crippen LogP contribution is -2.38. The molecule has 142 valence electrons. The smallest absolute Gasteiger partial charge is 0.260 e. The van der Waals surface area contributed by atoms with Crippen LogP contribution in [0, 0.1) is 0 Å². The molecular formula is C17H16BrN3O5S. The summed E-state index contributed by atoms with van der Waals surface area (Å²) in [6, 6.07) is 11.8. The number of fused-ring (bicyclic) bond motifs is 1. The van der Waals surface area contributed by atoms with Crippen LogP contribution >= 0.6 is 15.9 Å². The van der Waals surface area contributed by atoms with Gasteiger partial charge in [-0.3, -0.25) is 9.10 Å². The molecule has 0 aromatic heterocycles. The van der Waals surface area contributed by atoms with E-state index in [1.54, 1.807) is 42.5 Å². The van der Waals surface area contributed by atoms with Crippen molar-refractivity contribution in [2.24, 2.45) is 5.10 Å². The first kappa shape index (κ1) is 19.2. The number of nitrogens with zero attached hydrogens (tertiary/aromatic N) is 2. The number of hydrogen-bond donors (Lipinski definition) is 1. The van der Waals surface area contributed by atoms with Gasteiger partial charge in [-0.1, -0.05) is 18.2 Å².